The second-order valence-corrected chi connectivity index (χ2v) is 5.12. The normalized spacial score (nSPS) is 10.2. The van der Waals surface area contributed by atoms with E-state index in [2.05, 4.69) is 5.32 Å². The Bertz CT molecular complexity index is 629. The Kier molecular flexibility index (Phi) is 4.88. The monoisotopic (exact) mass is 309 g/mol. The van der Waals surface area contributed by atoms with E-state index in [-0.39, 0.29) is 12.5 Å². The number of hydrogen-bond donors (Lipinski definition) is 1. The van der Waals surface area contributed by atoms with Crippen molar-refractivity contribution in [3.8, 4) is 5.75 Å². The van der Waals surface area contributed by atoms with Crippen molar-refractivity contribution in [1.82, 2.24) is 0 Å². The van der Waals surface area contributed by atoms with Gasteiger partial charge in [-0.25, -0.2) is 0 Å². The maximum atomic E-state index is 11.8. The first-order chi connectivity index (χ1) is 9.54. The molecule has 5 heteroatoms. The zero-order valence-electron chi connectivity index (χ0n) is 10.8. The molecular weight excluding hydrogens is 297 g/mol. The van der Waals surface area contributed by atoms with Crippen molar-refractivity contribution >= 4 is 34.8 Å². The average Bonchev–Trinajstić information content (AvgIpc) is 2.41. The number of rotatable bonds is 4. The molecule has 0 saturated carbocycles. The number of benzene rings is 2. The summed E-state index contributed by atoms with van der Waals surface area (Å²) < 4.78 is 5.40. The molecule has 0 aromatic heterocycles. The van der Waals surface area contributed by atoms with Gasteiger partial charge in [0.25, 0.3) is 5.91 Å². The first-order valence-electron chi connectivity index (χ1n) is 5.99. The molecule has 2 rings (SSSR count). The van der Waals surface area contributed by atoms with Crippen molar-refractivity contribution in [2.24, 2.45) is 0 Å². The minimum absolute atomic E-state index is 0.0910. The van der Waals surface area contributed by atoms with Gasteiger partial charge in [-0.2, -0.15) is 0 Å². The summed E-state index contributed by atoms with van der Waals surface area (Å²) in [7, 11) is 0. The summed E-state index contributed by atoms with van der Waals surface area (Å²) in [6, 6.07) is 12.4. The van der Waals surface area contributed by atoms with Crippen LogP contribution in [-0.4, -0.2) is 12.5 Å². The summed E-state index contributed by atoms with van der Waals surface area (Å²) in [6.07, 6.45) is 0. The van der Waals surface area contributed by atoms with Crippen LogP contribution in [0.15, 0.2) is 42.5 Å². The molecule has 0 aliphatic rings. The molecule has 0 aliphatic carbocycles. The Balaban J connectivity index is 1.94. The molecule has 1 amide bonds. The van der Waals surface area contributed by atoms with Gasteiger partial charge in [0.05, 0.1) is 10.7 Å². The number of anilines is 1. The molecule has 104 valence electrons. The Morgan fingerprint density at radius 2 is 2.00 bits per heavy atom. The van der Waals surface area contributed by atoms with Crippen molar-refractivity contribution in [2.75, 3.05) is 11.9 Å². The zero-order chi connectivity index (χ0) is 14.5. The maximum absolute atomic E-state index is 11.8. The molecule has 0 saturated heterocycles. The molecule has 20 heavy (non-hydrogen) atoms. The first kappa shape index (κ1) is 14.7. The van der Waals surface area contributed by atoms with Crippen molar-refractivity contribution in [1.29, 1.82) is 0 Å². The third-order valence-electron chi connectivity index (χ3n) is 2.56. The van der Waals surface area contributed by atoms with Gasteiger partial charge in [0.15, 0.2) is 6.61 Å². The molecule has 0 heterocycles. The molecule has 0 bridgehead atoms. The molecule has 0 aliphatic heterocycles. The molecule has 3 nitrogen and oxygen atoms in total. The third-order valence-corrected chi connectivity index (χ3v) is 3.13. The van der Waals surface area contributed by atoms with Gasteiger partial charge >= 0.3 is 0 Å². The molecule has 0 fully saturated rings. The fourth-order valence-electron chi connectivity index (χ4n) is 1.63. The second-order valence-electron chi connectivity index (χ2n) is 4.28. The smallest absolute Gasteiger partial charge is 0.262 e. The number of hydrogen-bond acceptors (Lipinski definition) is 2. The van der Waals surface area contributed by atoms with E-state index in [0.29, 0.717) is 21.5 Å². The lowest BCUT2D eigenvalue weighted by atomic mass is 10.2. The van der Waals surface area contributed by atoms with E-state index in [1.807, 2.05) is 25.1 Å². The predicted molar refractivity (Wildman–Crippen MR) is 81.8 cm³/mol. The van der Waals surface area contributed by atoms with Gasteiger partial charge in [-0.05, 0) is 42.8 Å². The number of amides is 1. The molecule has 0 unspecified atom stereocenters. The Labute approximate surface area is 127 Å². The summed E-state index contributed by atoms with van der Waals surface area (Å²) in [5.41, 5.74) is 1.54. The topological polar surface area (TPSA) is 38.3 Å². The van der Waals surface area contributed by atoms with Crippen LogP contribution in [0.25, 0.3) is 0 Å². The van der Waals surface area contributed by atoms with Crippen LogP contribution in [0, 0.1) is 6.92 Å². The first-order valence-corrected chi connectivity index (χ1v) is 6.74. The van der Waals surface area contributed by atoms with Gasteiger partial charge in [-0.3, -0.25) is 4.79 Å². The summed E-state index contributed by atoms with van der Waals surface area (Å²) in [4.78, 5) is 11.8. The van der Waals surface area contributed by atoms with Gasteiger partial charge in [0.2, 0.25) is 0 Å². The van der Waals surface area contributed by atoms with Crippen LogP contribution in [0.4, 0.5) is 5.69 Å². The highest BCUT2D eigenvalue weighted by atomic mass is 35.5. The molecule has 0 radical (unpaired) electrons. The van der Waals surface area contributed by atoms with Crippen molar-refractivity contribution < 1.29 is 9.53 Å². The van der Waals surface area contributed by atoms with E-state index in [1.54, 1.807) is 24.3 Å². The minimum atomic E-state index is -0.296. The SMILES string of the molecule is Cc1cccc(OCC(=O)Nc2cc(Cl)ccc2Cl)c1. The Morgan fingerprint density at radius 3 is 2.75 bits per heavy atom. The summed E-state index contributed by atoms with van der Waals surface area (Å²) in [5.74, 6) is 0.355. The third kappa shape index (κ3) is 4.15. The van der Waals surface area contributed by atoms with Crippen LogP contribution in [0.1, 0.15) is 5.56 Å². The van der Waals surface area contributed by atoms with Gasteiger partial charge in [-0.1, -0.05) is 35.3 Å². The van der Waals surface area contributed by atoms with E-state index in [0.717, 1.165) is 5.56 Å². The Hall–Kier alpha value is -1.71. The number of nitrogens with one attached hydrogen (secondary N) is 1. The lowest BCUT2D eigenvalue weighted by Crippen LogP contribution is -2.20. The standard InChI is InChI=1S/C15H13Cl2NO2/c1-10-3-2-4-12(7-10)20-9-15(19)18-14-8-11(16)5-6-13(14)17/h2-8H,9H2,1H3,(H,18,19). The average molecular weight is 310 g/mol. The van der Waals surface area contributed by atoms with Crippen LogP contribution in [-0.2, 0) is 4.79 Å². The van der Waals surface area contributed by atoms with E-state index in [1.165, 1.54) is 0 Å². The number of ether oxygens (including phenoxy) is 1. The van der Waals surface area contributed by atoms with Gasteiger partial charge in [0, 0.05) is 5.02 Å². The van der Waals surface area contributed by atoms with Crippen molar-refractivity contribution in [2.45, 2.75) is 6.92 Å². The summed E-state index contributed by atoms with van der Waals surface area (Å²) in [6.45, 7) is 1.87. The molecule has 2 aromatic rings. The van der Waals surface area contributed by atoms with Gasteiger partial charge in [0.1, 0.15) is 5.75 Å². The number of aryl methyl sites for hydroxylation is 1. The maximum Gasteiger partial charge on any atom is 0.262 e. The van der Waals surface area contributed by atoms with E-state index in [4.69, 9.17) is 27.9 Å². The predicted octanol–water partition coefficient (Wildman–Crippen LogP) is 4.32. The zero-order valence-corrected chi connectivity index (χ0v) is 12.3. The minimum Gasteiger partial charge on any atom is -0.484 e. The number of carbonyl (C=O) groups excluding carboxylic acids is 1. The van der Waals surface area contributed by atoms with E-state index < -0.39 is 0 Å². The van der Waals surface area contributed by atoms with E-state index >= 15 is 0 Å². The quantitative estimate of drug-likeness (QED) is 0.913. The van der Waals surface area contributed by atoms with Crippen LogP contribution in [0.5, 0.6) is 5.75 Å². The van der Waals surface area contributed by atoms with Gasteiger partial charge < -0.3 is 10.1 Å². The fourth-order valence-corrected chi connectivity index (χ4v) is 1.97. The fraction of sp³-hybridized carbons (Fsp3) is 0.133. The van der Waals surface area contributed by atoms with Crippen molar-refractivity contribution in [3.05, 3.63) is 58.1 Å². The van der Waals surface area contributed by atoms with E-state index in [9.17, 15) is 4.79 Å². The largest absolute Gasteiger partial charge is 0.484 e. The highest BCUT2D eigenvalue weighted by Crippen LogP contribution is 2.25. The number of halogens is 2. The molecular formula is C15H13Cl2NO2. The van der Waals surface area contributed by atoms with Gasteiger partial charge in [-0.15, -0.1) is 0 Å². The van der Waals surface area contributed by atoms with Crippen LogP contribution in [0.3, 0.4) is 0 Å². The number of carbonyl (C=O) groups is 1. The highest BCUT2D eigenvalue weighted by molar-refractivity contribution is 6.35. The molecule has 1 N–H and O–H groups in total. The lowest BCUT2D eigenvalue weighted by Gasteiger charge is -2.09. The Morgan fingerprint density at radius 1 is 1.20 bits per heavy atom. The lowest BCUT2D eigenvalue weighted by molar-refractivity contribution is -0.118. The molecule has 0 atom stereocenters. The molecule has 0 spiro atoms. The second kappa shape index (κ2) is 6.64. The van der Waals surface area contributed by atoms with Crippen LogP contribution >= 0.6 is 23.2 Å². The van der Waals surface area contributed by atoms with Crippen LogP contribution < -0.4 is 10.1 Å². The van der Waals surface area contributed by atoms with Crippen molar-refractivity contribution in [3.63, 3.8) is 0 Å². The molecule has 2 aromatic carbocycles. The highest BCUT2D eigenvalue weighted by Gasteiger charge is 2.07. The van der Waals surface area contributed by atoms with Crippen LogP contribution in [0.2, 0.25) is 10.0 Å². The summed E-state index contributed by atoms with van der Waals surface area (Å²) in [5, 5.41) is 3.59. The summed E-state index contributed by atoms with van der Waals surface area (Å²) >= 11 is 11.8.